The summed E-state index contributed by atoms with van der Waals surface area (Å²) in [6.07, 6.45) is 6.97. The molecule has 7 aromatic carbocycles. The zero-order valence-corrected chi connectivity index (χ0v) is 31.0. The van der Waals surface area contributed by atoms with E-state index in [2.05, 4.69) is 201 Å². The van der Waals surface area contributed by atoms with Gasteiger partial charge in [-0.15, -0.1) is 0 Å². The maximum Gasteiger partial charge on any atom is 0.0416 e. The van der Waals surface area contributed by atoms with Gasteiger partial charge in [-0.1, -0.05) is 153 Å². The van der Waals surface area contributed by atoms with E-state index in [9.17, 15) is 0 Å². The molecule has 2 heteroatoms. The molecule has 0 bridgehead atoms. The molecule has 0 aromatic heterocycles. The van der Waals surface area contributed by atoms with Crippen LogP contribution >= 0.6 is 0 Å². The highest BCUT2D eigenvalue weighted by Crippen LogP contribution is 2.51. The van der Waals surface area contributed by atoms with Crippen molar-refractivity contribution < 1.29 is 0 Å². The molecule has 7 aromatic rings. The average molecular weight is 687 g/mol. The fraction of sp³-hybridized carbons (Fsp3) is 0.176. The lowest BCUT2D eigenvalue weighted by Gasteiger charge is -2.39. The first-order valence-corrected chi connectivity index (χ1v) is 19.1. The maximum atomic E-state index is 2.61. The SMILES string of the molecule is CN1CCC(N(c2ccccc2)c2ccc3c(c2)C(C)(C)c2cc(/C=C/c4cc(-c5ccccc5)c5ccccc5c4-c4ccccc4)ccc2-3)CC1. The summed E-state index contributed by atoms with van der Waals surface area (Å²) in [4.78, 5) is 5.07. The van der Waals surface area contributed by atoms with E-state index in [1.54, 1.807) is 0 Å². The van der Waals surface area contributed by atoms with Gasteiger partial charge in [-0.05, 0) is 130 Å². The van der Waals surface area contributed by atoms with Gasteiger partial charge in [-0.3, -0.25) is 0 Å². The molecule has 1 aliphatic carbocycles. The first-order valence-electron chi connectivity index (χ1n) is 19.1. The third-order valence-corrected chi connectivity index (χ3v) is 11.7. The molecule has 1 aliphatic heterocycles. The van der Waals surface area contributed by atoms with E-state index in [0.29, 0.717) is 6.04 Å². The van der Waals surface area contributed by atoms with Crippen molar-refractivity contribution in [3.05, 3.63) is 180 Å². The number of fused-ring (bicyclic) bond motifs is 4. The molecule has 2 nitrogen and oxygen atoms in total. The van der Waals surface area contributed by atoms with Crippen LogP contribution in [0.3, 0.4) is 0 Å². The fourth-order valence-corrected chi connectivity index (χ4v) is 8.91. The highest BCUT2D eigenvalue weighted by atomic mass is 15.2. The van der Waals surface area contributed by atoms with E-state index in [1.165, 1.54) is 77.8 Å². The Kier molecular flexibility index (Phi) is 8.57. The summed E-state index contributed by atoms with van der Waals surface area (Å²) in [7, 11) is 2.24. The molecule has 0 spiro atoms. The van der Waals surface area contributed by atoms with E-state index < -0.39 is 0 Å². The number of anilines is 2. The van der Waals surface area contributed by atoms with Gasteiger partial charge in [-0.2, -0.15) is 0 Å². The smallest absolute Gasteiger partial charge is 0.0416 e. The molecule has 1 fully saturated rings. The molecule has 260 valence electrons. The lowest BCUT2D eigenvalue weighted by Crippen LogP contribution is -2.41. The predicted octanol–water partition coefficient (Wildman–Crippen LogP) is 12.9. The van der Waals surface area contributed by atoms with Gasteiger partial charge < -0.3 is 9.80 Å². The molecule has 0 N–H and O–H groups in total. The Bertz CT molecular complexity index is 2440. The Morgan fingerprint density at radius 2 is 1.13 bits per heavy atom. The van der Waals surface area contributed by atoms with Gasteiger partial charge >= 0.3 is 0 Å². The molecule has 0 atom stereocenters. The van der Waals surface area contributed by atoms with E-state index in [1.807, 2.05) is 0 Å². The predicted molar refractivity (Wildman–Crippen MR) is 227 cm³/mol. The van der Waals surface area contributed by atoms with Gasteiger partial charge in [0.25, 0.3) is 0 Å². The Balaban J connectivity index is 1.11. The number of nitrogens with zero attached hydrogens (tertiary/aromatic N) is 2. The van der Waals surface area contributed by atoms with Crippen molar-refractivity contribution in [2.75, 3.05) is 25.0 Å². The van der Waals surface area contributed by atoms with Crippen LogP contribution in [0.5, 0.6) is 0 Å². The number of rotatable bonds is 7. The number of benzene rings is 7. The van der Waals surface area contributed by atoms with Crippen LogP contribution in [0.2, 0.25) is 0 Å². The summed E-state index contributed by atoms with van der Waals surface area (Å²) in [5.74, 6) is 0. The van der Waals surface area contributed by atoms with Crippen molar-refractivity contribution in [2.24, 2.45) is 0 Å². The third kappa shape index (κ3) is 6.07. The van der Waals surface area contributed by atoms with Crippen molar-refractivity contribution in [3.8, 4) is 33.4 Å². The third-order valence-electron chi connectivity index (χ3n) is 11.7. The highest BCUT2D eigenvalue weighted by Gasteiger charge is 2.36. The normalized spacial score (nSPS) is 15.5. The molecule has 9 rings (SSSR count). The minimum Gasteiger partial charge on any atom is -0.338 e. The summed E-state index contributed by atoms with van der Waals surface area (Å²) in [6.45, 7) is 7.07. The molecule has 2 aliphatic rings. The number of hydrogen-bond donors (Lipinski definition) is 0. The molecule has 0 unspecified atom stereocenters. The van der Waals surface area contributed by atoms with E-state index in [-0.39, 0.29) is 5.41 Å². The molecule has 53 heavy (non-hydrogen) atoms. The quantitative estimate of drug-likeness (QED) is 0.154. The second-order valence-electron chi connectivity index (χ2n) is 15.4. The number of likely N-dealkylation sites (tertiary alicyclic amines) is 1. The van der Waals surface area contributed by atoms with Crippen LogP contribution in [0.25, 0.3) is 56.3 Å². The standard InChI is InChI=1S/C51H46N2/c1-51(2)48-33-36(23-25-39-34-47(37-15-7-4-8-16-37)43-21-13-14-22-46(43)50(39)38-17-9-5-10-18-38)24-27-44(48)45-28-26-42(35-49(45)51)53(40-19-11-6-12-20-40)41-29-31-52(3)32-30-41/h4-28,33-35,41H,29-32H2,1-3H3/b25-23+. The monoisotopic (exact) mass is 686 g/mol. The lowest BCUT2D eigenvalue weighted by atomic mass is 9.81. The van der Waals surface area contributed by atoms with Crippen molar-refractivity contribution in [1.82, 2.24) is 4.90 Å². The number of piperidine rings is 1. The van der Waals surface area contributed by atoms with Gasteiger partial charge in [0.1, 0.15) is 0 Å². The molecular formula is C51H46N2. The summed E-state index contributed by atoms with van der Waals surface area (Å²) < 4.78 is 0. The molecule has 0 saturated carbocycles. The van der Waals surface area contributed by atoms with Crippen molar-refractivity contribution in [2.45, 2.75) is 38.1 Å². The van der Waals surface area contributed by atoms with E-state index >= 15 is 0 Å². The molecule has 0 amide bonds. The average Bonchev–Trinajstić information content (AvgIpc) is 3.43. The van der Waals surface area contributed by atoms with E-state index in [0.717, 1.165) is 25.9 Å². The van der Waals surface area contributed by atoms with Crippen LogP contribution in [-0.4, -0.2) is 31.1 Å². The van der Waals surface area contributed by atoms with Crippen LogP contribution < -0.4 is 4.90 Å². The zero-order chi connectivity index (χ0) is 35.9. The summed E-state index contributed by atoms with van der Waals surface area (Å²) in [5, 5.41) is 2.54. The first kappa shape index (κ1) is 33.2. The lowest BCUT2D eigenvalue weighted by molar-refractivity contribution is 0.255. The Hall–Kier alpha value is -5.70. The number of para-hydroxylation sites is 1. The number of hydrogen-bond acceptors (Lipinski definition) is 2. The van der Waals surface area contributed by atoms with Gasteiger partial charge in [0.05, 0.1) is 0 Å². The molecule has 0 radical (unpaired) electrons. The largest absolute Gasteiger partial charge is 0.338 e. The minimum absolute atomic E-state index is 0.127. The Morgan fingerprint density at radius 3 is 1.83 bits per heavy atom. The van der Waals surface area contributed by atoms with Crippen LogP contribution in [-0.2, 0) is 5.41 Å². The van der Waals surface area contributed by atoms with Gasteiger partial charge in [0, 0.05) is 22.8 Å². The van der Waals surface area contributed by atoms with Crippen LogP contribution in [0.4, 0.5) is 11.4 Å². The zero-order valence-electron chi connectivity index (χ0n) is 31.0. The van der Waals surface area contributed by atoms with Crippen LogP contribution in [0, 0.1) is 0 Å². The van der Waals surface area contributed by atoms with Crippen LogP contribution in [0.1, 0.15) is 48.9 Å². The minimum atomic E-state index is -0.127. The fourth-order valence-electron chi connectivity index (χ4n) is 8.91. The van der Waals surface area contributed by atoms with Crippen molar-refractivity contribution in [3.63, 3.8) is 0 Å². The topological polar surface area (TPSA) is 6.48 Å². The Labute approximate surface area is 314 Å². The maximum absolute atomic E-state index is 2.61. The summed E-state index contributed by atoms with van der Waals surface area (Å²) in [5.41, 5.74) is 15.4. The molecule has 1 saturated heterocycles. The Morgan fingerprint density at radius 1 is 0.547 bits per heavy atom. The van der Waals surface area contributed by atoms with E-state index in [4.69, 9.17) is 0 Å². The second-order valence-corrected chi connectivity index (χ2v) is 15.4. The second kappa shape index (κ2) is 13.7. The van der Waals surface area contributed by atoms with Gasteiger partial charge in [-0.25, -0.2) is 0 Å². The summed E-state index contributed by atoms with van der Waals surface area (Å²) in [6, 6.07) is 58.6. The first-order chi connectivity index (χ1) is 26.0. The molecule has 1 heterocycles. The highest BCUT2D eigenvalue weighted by molar-refractivity contribution is 6.08. The van der Waals surface area contributed by atoms with Crippen molar-refractivity contribution >= 4 is 34.3 Å². The van der Waals surface area contributed by atoms with Gasteiger partial charge in [0.15, 0.2) is 0 Å². The van der Waals surface area contributed by atoms with Crippen molar-refractivity contribution in [1.29, 1.82) is 0 Å². The van der Waals surface area contributed by atoms with Crippen LogP contribution in [0.15, 0.2) is 158 Å². The summed E-state index contributed by atoms with van der Waals surface area (Å²) >= 11 is 0. The van der Waals surface area contributed by atoms with Gasteiger partial charge in [0.2, 0.25) is 0 Å². The molecular weight excluding hydrogens is 641 g/mol.